The van der Waals surface area contributed by atoms with E-state index in [4.69, 9.17) is 0 Å². The summed E-state index contributed by atoms with van der Waals surface area (Å²) in [6, 6.07) is 8.06. The summed E-state index contributed by atoms with van der Waals surface area (Å²) in [5, 5.41) is 6.69. The number of amides is 2. The lowest BCUT2D eigenvalue weighted by atomic mass is 10.1. The van der Waals surface area contributed by atoms with E-state index in [0.29, 0.717) is 13.1 Å². The number of aromatic amines is 1. The summed E-state index contributed by atoms with van der Waals surface area (Å²) in [5.74, 6) is -0.483. The average Bonchev–Trinajstić information content (AvgIpc) is 2.90. The van der Waals surface area contributed by atoms with E-state index < -0.39 is 0 Å². The molecule has 0 aliphatic rings. The monoisotopic (exact) mass is 316 g/mol. The third kappa shape index (κ3) is 5.41. The second kappa shape index (κ2) is 8.33. The molecule has 1 aromatic heterocycles. The van der Waals surface area contributed by atoms with Gasteiger partial charge in [-0.2, -0.15) is 0 Å². The number of hydrogen-bond donors (Lipinski definition) is 3. The number of nitrogens with one attached hydrogen (secondary N) is 3. The maximum Gasteiger partial charge on any atom is 0.229 e. The molecule has 1 heterocycles. The fourth-order valence-electron chi connectivity index (χ4n) is 2.36. The molecule has 0 atom stereocenters. The second-order valence-corrected chi connectivity index (χ2v) is 5.79. The van der Waals surface area contributed by atoms with Crippen molar-refractivity contribution in [3.8, 4) is 0 Å². The molecule has 0 aliphatic heterocycles. The Morgan fingerprint density at radius 3 is 2.52 bits per heavy atom. The molecule has 2 aromatic rings. The van der Waals surface area contributed by atoms with Crippen LogP contribution in [0.4, 0.5) is 0 Å². The molecule has 0 radical (unpaired) electrons. The lowest BCUT2D eigenvalue weighted by molar-refractivity contribution is -0.129. The number of benzene rings is 1. The number of likely N-dealkylation sites (N-methyl/N-ethyl adjacent to an activating group) is 1. The highest BCUT2D eigenvalue weighted by Crippen LogP contribution is 2.17. The first-order chi connectivity index (χ1) is 11.1. The maximum absolute atomic E-state index is 11.8. The molecule has 3 N–H and O–H groups in total. The number of rotatable bonds is 8. The first kappa shape index (κ1) is 17.0. The van der Waals surface area contributed by atoms with Crippen molar-refractivity contribution in [1.29, 1.82) is 0 Å². The van der Waals surface area contributed by atoms with Crippen molar-refractivity contribution in [2.75, 3.05) is 33.7 Å². The van der Waals surface area contributed by atoms with Crippen molar-refractivity contribution in [1.82, 2.24) is 20.5 Å². The van der Waals surface area contributed by atoms with Crippen LogP contribution < -0.4 is 10.6 Å². The van der Waals surface area contributed by atoms with E-state index in [1.807, 2.05) is 43.4 Å². The van der Waals surface area contributed by atoms with E-state index in [1.165, 1.54) is 5.39 Å². The lowest BCUT2D eigenvalue weighted by Gasteiger charge is -2.10. The van der Waals surface area contributed by atoms with Gasteiger partial charge in [0.05, 0.1) is 0 Å². The Morgan fingerprint density at radius 2 is 1.78 bits per heavy atom. The van der Waals surface area contributed by atoms with Crippen LogP contribution in [0.15, 0.2) is 30.5 Å². The minimum absolute atomic E-state index is 0.124. The zero-order valence-corrected chi connectivity index (χ0v) is 13.7. The van der Waals surface area contributed by atoms with Gasteiger partial charge in [0.15, 0.2) is 0 Å². The number of H-pyrrole nitrogens is 1. The van der Waals surface area contributed by atoms with Gasteiger partial charge in [0, 0.05) is 36.7 Å². The van der Waals surface area contributed by atoms with Gasteiger partial charge in [-0.15, -0.1) is 0 Å². The third-order valence-corrected chi connectivity index (χ3v) is 3.59. The second-order valence-electron chi connectivity index (χ2n) is 5.79. The highest BCUT2D eigenvalue weighted by Gasteiger charge is 2.09. The molecular formula is C17H24N4O2. The highest BCUT2D eigenvalue weighted by molar-refractivity contribution is 5.96. The summed E-state index contributed by atoms with van der Waals surface area (Å²) in [6.07, 6.45) is 2.57. The van der Waals surface area contributed by atoms with E-state index in [2.05, 4.69) is 21.7 Å². The van der Waals surface area contributed by atoms with Gasteiger partial charge in [-0.1, -0.05) is 18.2 Å². The molecule has 0 spiro atoms. The largest absolute Gasteiger partial charge is 0.361 e. The summed E-state index contributed by atoms with van der Waals surface area (Å²) in [6.45, 7) is 1.83. The number of carbonyl (C=O) groups is 2. The molecule has 23 heavy (non-hydrogen) atoms. The number of nitrogens with zero attached hydrogens (tertiary/aromatic N) is 1. The summed E-state index contributed by atoms with van der Waals surface area (Å²) >= 11 is 0. The number of para-hydroxylation sites is 1. The van der Waals surface area contributed by atoms with E-state index in [9.17, 15) is 9.59 Å². The van der Waals surface area contributed by atoms with Crippen LogP contribution in [0.3, 0.4) is 0 Å². The summed E-state index contributed by atoms with van der Waals surface area (Å²) in [7, 11) is 3.87. The number of carbonyl (C=O) groups excluding carboxylic acids is 2. The molecule has 2 amide bonds. The molecular weight excluding hydrogens is 292 g/mol. The van der Waals surface area contributed by atoms with Gasteiger partial charge in [-0.05, 0) is 32.1 Å². The van der Waals surface area contributed by atoms with Gasteiger partial charge in [-0.3, -0.25) is 9.59 Å². The molecule has 1 aromatic carbocycles. The van der Waals surface area contributed by atoms with E-state index in [-0.39, 0.29) is 18.2 Å². The zero-order chi connectivity index (χ0) is 16.7. The predicted octanol–water partition coefficient (Wildman–Crippen LogP) is 0.895. The Bertz CT molecular complexity index is 663. The van der Waals surface area contributed by atoms with Crippen LogP contribution in [0.2, 0.25) is 0 Å². The molecule has 0 bridgehead atoms. The SMILES string of the molecule is CN(C)CCNC(=O)CC(=O)NCCc1c[nH]c2ccccc12. The minimum Gasteiger partial charge on any atom is -0.361 e. The number of aromatic nitrogens is 1. The standard InChI is InChI=1S/C17H24N4O2/c1-21(2)10-9-19-17(23)11-16(22)18-8-7-13-12-20-15-6-4-3-5-14(13)15/h3-6,12,20H,7-11H2,1-2H3,(H,18,22)(H,19,23). The quantitative estimate of drug-likeness (QED) is 0.633. The Kier molecular flexibility index (Phi) is 6.17. The van der Waals surface area contributed by atoms with Crippen LogP contribution >= 0.6 is 0 Å². The average molecular weight is 316 g/mol. The fourth-order valence-corrected chi connectivity index (χ4v) is 2.36. The van der Waals surface area contributed by atoms with Gasteiger partial charge in [-0.25, -0.2) is 0 Å². The van der Waals surface area contributed by atoms with Crippen LogP contribution in [0, 0.1) is 0 Å². The highest BCUT2D eigenvalue weighted by atomic mass is 16.2. The predicted molar refractivity (Wildman–Crippen MR) is 91.2 cm³/mol. The van der Waals surface area contributed by atoms with Crippen LogP contribution in [0.5, 0.6) is 0 Å². The van der Waals surface area contributed by atoms with Crippen LogP contribution in [0.1, 0.15) is 12.0 Å². The molecule has 2 rings (SSSR count). The fraction of sp³-hybridized carbons (Fsp3) is 0.412. The molecule has 6 nitrogen and oxygen atoms in total. The van der Waals surface area contributed by atoms with Crippen molar-refractivity contribution in [3.05, 3.63) is 36.0 Å². The number of fused-ring (bicyclic) bond motifs is 1. The van der Waals surface area contributed by atoms with Crippen molar-refractivity contribution in [2.24, 2.45) is 0 Å². The topological polar surface area (TPSA) is 77.2 Å². The summed E-state index contributed by atoms with van der Waals surface area (Å²) < 4.78 is 0. The third-order valence-electron chi connectivity index (χ3n) is 3.59. The summed E-state index contributed by atoms with van der Waals surface area (Å²) in [5.41, 5.74) is 2.26. The van der Waals surface area contributed by atoms with Crippen LogP contribution in [-0.2, 0) is 16.0 Å². The van der Waals surface area contributed by atoms with Gasteiger partial charge in [0.25, 0.3) is 0 Å². The van der Waals surface area contributed by atoms with Crippen molar-refractivity contribution in [2.45, 2.75) is 12.8 Å². The first-order valence-electron chi connectivity index (χ1n) is 7.79. The molecule has 0 saturated heterocycles. The van der Waals surface area contributed by atoms with Crippen LogP contribution in [-0.4, -0.2) is 55.4 Å². The molecule has 0 saturated carbocycles. The lowest BCUT2D eigenvalue weighted by Crippen LogP contribution is -2.35. The van der Waals surface area contributed by atoms with Crippen LogP contribution in [0.25, 0.3) is 10.9 Å². The molecule has 0 fully saturated rings. The molecule has 0 unspecified atom stereocenters. The van der Waals surface area contributed by atoms with Crippen molar-refractivity contribution < 1.29 is 9.59 Å². The molecule has 0 aliphatic carbocycles. The Hall–Kier alpha value is -2.34. The van der Waals surface area contributed by atoms with E-state index in [1.54, 1.807) is 0 Å². The van der Waals surface area contributed by atoms with Gasteiger partial charge in [0.2, 0.25) is 11.8 Å². The van der Waals surface area contributed by atoms with Gasteiger partial charge in [0.1, 0.15) is 6.42 Å². The number of hydrogen-bond acceptors (Lipinski definition) is 3. The smallest absolute Gasteiger partial charge is 0.229 e. The van der Waals surface area contributed by atoms with Crippen molar-refractivity contribution >= 4 is 22.7 Å². The Morgan fingerprint density at radius 1 is 1.09 bits per heavy atom. The van der Waals surface area contributed by atoms with E-state index in [0.717, 1.165) is 24.0 Å². The van der Waals surface area contributed by atoms with Crippen molar-refractivity contribution in [3.63, 3.8) is 0 Å². The Balaban J connectivity index is 1.69. The summed E-state index contributed by atoms with van der Waals surface area (Å²) in [4.78, 5) is 28.5. The normalized spacial score (nSPS) is 10.9. The molecule has 6 heteroatoms. The zero-order valence-electron chi connectivity index (χ0n) is 13.7. The van der Waals surface area contributed by atoms with Gasteiger partial charge >= 0.3 is 0 Å². The van der Waals surface area contributed by atoms with Gasteiger partial charge < -0.3 is 20.5 Å². The maximum atomic E-state index is 11.8. The minimum atomic E-state index is -0.243. The molecule has 124 valence electrons. The Labute approximate surface area is 136 Å². The first-order valence-corrected chi connectivity index (χ1v) is 7.79. The van der Waals surface area contributed by atoms with E-state index >= 15 is 0 Å².